The molecule has 106 valence electrons. The second kappa shape index (κ2) is 6.55. The van der Waals surface area contributed by atoms with Crippen LogP contribution >= 0.6 is 23.5 Å². The van der Waals surface area contributed by atoms with Crippen molar-refractivity contribution < 1.29 is 0 Å². The minimum Gasteiger partial charge on any atom is -0.312 e. The lowest BCUT2D eigenvalue weighted by Gasteiger charge is -2.36. The Labute approximate surface area is 126 Å². The van der Waals surface area contributed by atoms with E-state index in [0.29, 0.717) is 11.3 Å². The molecule has 1 nitrogen and oxygen atoms in total. The summed E-state index contributed by atoms with van der Waals surface area (Å²) in [5.74, 6) is 1.24. The second-order valence-electron chi connectivity index (χ2n) is 5.53. The molecule has 1 aliphatic heterocycles. The standard InChI is InChI=1S/C16H25NS2/c1-10-6-7-14(8-11(10)2)16(17-5)15-9-18-12(3)13(4)19-15/h6-8,12-13,15-17H,9H2,1-5H3. The van der Waals surface area contributed by atoms with Gasteiger partial charge in [-0.1, -0.05) is 32.0 Å². The number of nitrogens with one attached hydrogen (secondary N) is 1. The molecular formula is C16H25NS2. The highest BCUT2D eigenvalue weighted by Crippen LogP contribution is 2.41. The van der Waals surface area contributed by atoms with Gasteiger partial charge in [0.15, 0.2) is 0 Å². The SMILES string of the molecule is CNC(c1ccc(C)c(C)c1)C1CSC(C)C(C)S1. The molecule has 0 bridgehead atoms. The molecule has 0 saturated carbocycles. The van der Waals surface area contributed by atoms with Crippen LogP contribution in [-0.2, 0) is 0 Å². The van der Waals surface area contributed by atoms with Gasteiger partial charge in [-0.3, -0.25) is 0 Å². The van der Waals surface area contributed by atoms with E-state index >= 15 is 0 Å². The maximum atomic E-state index is 3.54. The zero-order chi connectivity index (χ0) is 14.0. The Morgan fingerprint density at radius 3 is 2.47 bits per heavy atom. The molecule has 1 saturated heterocycles. The summed E-state index contributed by atoms with van der Waals surface area (Å²) in [6.45, 7) is 9.10. The van der Waals surface area contributed by atoms with Gasteiger partial charge in [-0.25, -0.2) is 0 Å². The lowest BCUT2D eigenvalue weighted by atomic mass is 9.99. The van der Waals surface area contributed by atoms with Crippen molar-refractivity contribution in [1.29, 1.82) is 0 Å². The fourth-order valence-electron chi connectivity index (χ4n) is 2.51. The molecule has 0 spiro atoms. The lowest BCUT2D eigenvalue weighted by Crippen LogP contribution is -2.35. The van der Waals surface area contributed by atoms with E-state index in [4.69, 9.17) is 0 Å². The van der Waals surface area contributed by atoms with Crippen LogP contribution in [0, 0.1) is 13.8 Å². The first kappa shape index (κ1) is 15.3. The predicted octanol–water partition coefficient (Wildman–Crippen LogP) is 4.19. The average molecular weight is 296 g/mol. The summed E-state index contributed by atoms with van der Waals surface area (Å²) in [7, 11) is 2.09. The first-order valence-corrected chi connectivity index (χ1v) is 9.03. The topological polar surface area (TPSA) is 12.0 Å². The van der Waals surface area contributed by atoms with Gasteiger partial charge in [0.1, 0.15) is 0 Å². The first-order valence-electron chi connectivity index (χ1n) is 7.04. The molecule has 1 aromatic carbocycles. The Bertz CT molecular complexity index is 433. The summed E-state index contributed by atoms with van der Waals surface area (Å²) in [5.41, 5.74) is 4.21. The zero-order valence-electron chi connectivity index (χ0n) is 12.6. The Hall–Kier alpha value is -0.120. The van der Waals surface area contributed by atoms with Crippen LogP contribution in [0.15, 0.2) is 18.2 Å². The Morgan fingerprint density at radius 2 is 1.89 bits per heavy atom. The molecule has 3 heteroatoms. The van der Waals surface area contributed by atoms with Crippen molar-refractivity contribution in [2.75, 3.05) is 12.8 Å². The third-order valence-corrected chi connectivity index (χ3v) is 7.64. The van der Waals surface area contributed by atoms with Crippen LogP contribution in [0.25, 0.3) is 0 Å². The highest BCUT2D eigenvalue weighted by Gasteiger charge is 2.31. The number of hydrogen-bond acceptors (Lipinski definition) is 3. The van der Waals surface area contributed by atoms with Crippen molar-refractivity contribution in [3.63, 3.8) is 0 Å². The minimum atomic E-state index is 0.465. The molecule has 4 atom stereocenters. The quantitative estimate of drug-likeness (QED) is 0.898. The van der Waals surface area contributed by atoms with Gasteiger partial charge in [-0.2, -0.15) is 23.5 Å². The molecule has 0 aliphatic carbocycles. The summed E-state index contributed by atoms with van der Waals surface area (Å²) in [5, 5.41) is 5.72. The zero-order valence-corrected chi connectivity index (χ0v) is 14.2. The molecule has 1 aromatic rings. The van der Waals surface area contributed by atoms with Crippen LogP contribution in [0.4, 0.5) is 0 Å². The summed E-state index contributed by atoms with van der Waals surface area (Å²) >= 11 is 4.27. The van der Waals surface area contributed by atoms with Crippen molar-refractivity contribution in [1.82, 2.24) is 5.32 Å². The van der Waals surface area contributed by atoms with Crippen molar-refractivity contribution in [3.05, 3.63) is 34.9 Å². The van der Waals surface area contributed by atoms with E-state index in [1.807, 2.05) is 0 Å². The molecule has 1 N–H and O–H groups in total. The molecule has 4 unspecified atom stereocenters. The van der Waals surface area contributed by atoms with Crippen molar-refractivity contribution in [2.24, 2.45) is 0 Å². The monoisotopic (exact) mass is 295 g/mol. The van der Waals surface area contributed by atoms with Gasteiger partial charge in [-0.15, -0.1) is 0 Å². The lowest BCUT2D eigenvalue weighted by molar-refractivity contribution is 0.587. The molecule has 0 amide bonds. The molecule has 1 heterocycles. The van der Waals surface area contributed by atoms with E-state index in [-0.39, 0.29) is 0 Å². The van der Waals surface area contributed by atoms with Crippen molar-refractivity contribution in [2.45, 2.75) is 49.5 Å². The van der Waals surface area contributed by atoms with E-state index in [2.05, 4.69) is 81.8 Å². The largest absolute Gasteiger partial charge is 0.312 e. The van der Waals surface area contributed by atoms with Crippen LogP contribution in [0.3, 0.4) is 0 Å². The van der Waals surface area contributed by atoms with Crippen LogP contribution in [0.5, 0.6) is 0 Å². The highest BCUT2D eigenvalue weighted by molar-refractivity contribution is 8.07. The number of thioether (sulfide) groups is 2. The summed E-state index contributed by atoms with van der Waals surface area (Å²) in [6.07, 6.45) is 0. The fourth-order valence-corrected chi connectivity index (χ4v) is 5.67. The molecule has 0 radical (unpaired) electrons. The van der Waals surface area contributed by atoms with Gasteiger partial charge < -0.3 is 5.32 Å². The normalized spacial score (nSPS) is 29.2. The molecule has 1 aliphatic rings. The number of rotatable bonds is 3. The van der Waals surface area contributed by atoms with Gasteiger partial charge in [0.25, 0.3) is 0 Å². The number of hydrogen-bond donors (Lipinski definition) is 1. The van der Waals surface area contributed by atoms with E-state index in [9.17, 15) is 0 Å². The summed E-state index contributed by atoms with van der Waals surface area (Å²) in [6, 6.07) is 7.36. The molecule has 2 rings (SSSR count). The average Bonchev–Trinajstić information content (AvgIpc) is 2.39. The van der Waals surface area contributed by atoms with Crippen molar-refractivity contribution >= 4 is 23.5 Å². The highest BCUT2D eigenvalue weighted by atomic mass is 32.2. The molecule has 0 aromatic heterocycles. The molecule has 19 heavy (non-hydrogen) atoms. The van der Waals surface area contributed by atoms with Gasteiger partial charge >= 0.3 is 0 Å². The van der Waals surface area contributed by atoms with Crippen LogP contribution in [0.1, 0.15) is 36.6 Å². The van der Waals surface area contributed by atoms with E-state index in [1.165, 1.54) is 22.4 Å². The Kier molecular flexibility index (Phi) is 5.27. The van der Waals surface area contributed by atoms with Crippen LogP contribution in [-0.4, -0.2) is 28.6 Å². The number of aryl methyl sites for hydroxylation is 2. The third kappa shape index (κ3) is 3.50. The minimum absolute atomic E-state index is 0.465. The Balaban J connectivity index is 2.17. The third-order valence-electron chi connectivity index (χ3n) is 4.15. The van der Waals surface area contributed by atoms with E-state index < -0.39 is 0 Å². The van der Waals surface area contributed by atoms with Crippen LogP contribution in [0.2, 0.25) is 0 Å². The summed E-state index contributed by atoms with van der Waals surface area (Å²) < 4.78 is 0. The van der Waals surface area contributed by atoms with E-state index in [0.717, 1.165) is 10.5 Å². The maximum Gasteiger partial charge on any atom is 0.0446 e. The number of benzene rings is 1. The van der Waals surface area contributed by atoms with Gasteiger partial charge in [0.2, 0.25) is 0 Å². The van der Waals surface area contributed by atoms with E-state index in [1.54, 1.807) is 0 Å². The smallest absolute Gasteiger partial charge is 0.0446 e. The fraction of sp³-hybridized carbons (Fsp3) is 0.625. The first-order chi connectivity index (χ1) is 9.02. The van der Waals surface area contributed by atoms with Gasteiger partial charge in [-0.05, 0) is 37.6 Å². The van der Waals surface area contributed by atoms with Gasteiger partial charge in [0, 0.05) is 27.5 Å². The Morgan fingerprint density at radius 1 is 1.16 bits per heavy atom. The predicted molar refractivity (Wildman–Crippen MR) is 90.5 cm³/mol. The van der Waals surface area contributed by atoms with Crippen LogP contribution < -0.4 is 5.32 Å². The second-order valence-corrected chi connectivity index (χ2v) is 8.56. The maximum absolute atomic E-state index is 3.54. The van der Waals surface area contributed by atoms with Crippen molar-refractivity contribution in [3.8, 4) is 0 Å². The molecule has 1 fully saturated rings. The summed E-state index contributed by atoms with van der Waals surface area (Å²) in [4.78, 5) is 0. The van der Waals surface area contributed by atoms with Gasteiger partial charge in [0.05, 0.1) is 0 Å². The molecular weight excluding hydrogens is 270 g/mol.